The molecule has 1 unspecified atom stereocenters. The van der Waals surface area contributed by atoms with E-state index >= 15 is 0 Å². The largest absolute Gasteiger partial charge is 0.494 e. The standard InChI is InChI=1S/C17H18N4O3S.C4H8O/c1-23-14-9-6-10-15(24-2)16(14)21-12-18-19-17(21)20-25(22)11-13-7-4-3-5-8-13;1-2-4-5-3-1/h3-10,12H,11H2,1-2H3,(H,19,20);1-4H2. The Bertz CT molecular complexity index is 915. The topological polar surface area (TPSA) is 87.5 Å². The second-order valence-electron chi connectivity index (χ2n) is 6.43. The number of ether oxygens (including phenoxy) is 3. The maximum absolute atomic E-state index is 12.4. The molecule has 1 saturated heterocycles. The maximum Gasteiger partial charge on any atom is 0.241 e. The number of para-hydroxylation sites is 1. The van der Waals surface area contributed by atoms with E-state index in [0.717, 1.165) is 18.8 Å². The predicted molar refractivity (Wildman–Crippen MR) is 116 cm³/mol. The first-order valence-electron chi connectivity index (χ1n) is 9.61. The van der Waals surface area contributed by atoms with Gasteiger partial charge in [-0.2, -0.15) is 0 Å². The van der Waals surface area contributed by atoms with Crippen molar-refractivity contribution >= 4 is 16.9 Å². The Balaban J connectivity index is 0.000000448. The van der Waals surface area contributed by atoms with Gasteiger partial charge in [-0.3, -0.25) is 9.29 Å². The molecular weight excluding hydrogens is 404 g/mol. The van der Waals surface area contributed by atoms with E-state index in [2.05, 4.69) is 14.9 Å². The van der Waals surface area contributed by atoms with Crippen molar-refractivity contribution < 1.29 is 18.4 Å². The highest BCUT2D eigenvalue weighted by Gasteiger charge is 2.17. The van der Waals surface area contributed by atoms with Crippen molar-refractivity contribution in [2.45, 2.75) is 18.6 Å². The molecule has 4 rings (SSSR count). The van der Waals surface area contributed by atoms with Crippen molar-refractivity contribution in [1.29, 1.82) is 0 Å². The quantitative estimate of drug-likeness (QED) is 0.618. The van der Waals surface area contributed by atoms with Gasteiger partial charge in [0.25, 0.3) is 0 Å². The summed E-state index contributed by atoms with van der Waals surface area (Å²) in [6.45, 7) is 2.00. The molecule has 1 aliphatic rings. The molecule has 1 aromatic heterocycles. The highest BCUT2D eigenvalue weighted by molar-refractivity contribution is 7.85. The second-order valence-corrected chi connectivity index (χ2v) is 7.62. The number of hydrogen-bond donors (Lipinski definition) is 1. The first kappa shape index (κ1) is 21.8. The van der Waals surface area contributed by atoms with Crippen LogP contribution in [0.5, 0.6) is 11.5 Å². The van der Waals surface area contributed by atoms with Crippen LogP contribution in [0.15, 0.2) is 54.9 Å². The number of nitrogens with one attached hydrogen (secondary N) is 1. The van der Waals surface area contributed by atoms with Gasteiger partial charge in [0.1, 0.15) is 34.5 Å². The Morgan fingerprint density at radius 1 is 1.03 bits per heavy atom. The normalized spacial score (nSPS) is 13.8. The first-order chi connectivity index (χ1) is 14.7. The van der Waals surface area contributed by atoms with E-state index in [1.807, 2.05) is 48.5 Å². The molecule has 0 spiro atoms. The van der Waals surface area contributed by atoms with Crippen molar-refractivity contribution in [3.63, 3.8) is 0 Å². The minimum Gasteiger partial charge on any atom is -0.494 e. The fourth-order valence-corrected chi connectivity index (χ4v) is 3.82. The van der Waals surface area contributed by atoms with Gasteiger partial charge in [0, 0.05) is 13.2 Å². The highest BCUT2D eigenvalue weighted by Crippen LogP contribution is 2.33. The summed E-state index contributed by atoms with van der Waals surface area (Å²) in [5.41, 5.74) is 1.60. The van der Waals surface area contributed by atoms with Crippen molar-refractivity contribution in [1.82, 2.24) is 14.8 Å². The maximum atomic E-state index is 12.4. The molecule has 2 heterocycles. The molecule has 9 heteroatoms. The van der Waals surface area contributed by atoms with Gasteiger partial charge in [0.15, 0.2) is 0 Å². The van der Waals surface area contributed by atoms with Crippen LogP contribution in [-0.2, 0) is 21.5 Å². The summed E-state index contributed by atoms with van der Waals surface area (Å²) in [7, 11) is 1.79. The lowest BCUT2D eigenvalue weighted by atomic mass is 10.2. The van der Waals surface area contributed by atoms with Crippen LogP contribution in [0.25, 0.3) is 5.69 Å². The number of benzene rings is 2. The van der Waals surface area contributed by atoms with Gasteiger partial charge in [-0.05, 0) is 30.5 Å². The molecule has 3 aromatic rings. The van der Waals surface area contributed by atoms with Crippen molar-refractivity contribution in [2.75, 3.05) is 32.2 Å². The molecule has 0 aliphatic carbocycles. The average molecular weight is 431 g/mol. The molecule has 0 amide bonds. The van der Waals surface area contributed by atoms with Crippen LogP contribution in [0.3, 0.4) is 0 Å². The minimum atomic E-state index is -1.36. The molecule has 1 N–H and O–H groups in total. The smallest absolute Gasteiger partial charge is 0.241 e. The number of rotatable bonds is 7. The Morgan fingerprint density at radius 3 is 2.27 bits per heavy atom. The van der Waals surface area contributed by atoms with Gasteiger partial charge in [-0.25, -0.2) is 4.21 Å². The van der Waals surface area contributed by atoms with Crippen LogP contribution in [0.2, 0.25) is 0 Å². The fraction of sp³-hybridized carbons (Fsp3) is 0.333. The Hall–Kier alpha value is -2.91. The summed E-state index contributed by atoms with van der Waals surface area (Å²) in [6, 6.07) is 15.0. The Labute approximate surface area is 178 Å². The van der Waals surface area contributed by atoms with E-state index in [0.29, 0.717) is 28.9 Å². The molecule has 160 valence electrons. The van der Waals surface area contributed by atoms with Gasteiger partial charge in [0.2, 0.25) is 5.95 Å². The number of hydrogen-bond acceptors (Lipinski definition) is 6. The van der Waals surface area contributed by atoms with Gasteiger partial charge in [-0.1, -0.05) is 36.4 Å². The van der Waals surface area contributed by atoms with Crippen molar-refractivity contribution in [3.8, 4) is 17.2 Å². The molecule has 0 bridgehead atoms. The summed E-state index contributed by atoms with van der Waals surface area (Å²) in [5.74, 6) is 1.89. The van der Waals surface area contributed by atoms with Gasteiger partial charge in [0.05, 0.1) is 20.0 Å². The molecule has 0 saturated carbocycles. The minimum absolute atomic E-state index is 0.345. The lowest BCUT2D eigenvalue weighted by Crippen LogP contribution is -2.12. The van der Waals surface area contributed by atoms with Crippen LogP contribution >= 0.6 is 0 Å². The van der Waals surface area contributed by atoms with Gasteiger partial charge in [-0.15, -0.1) is 10.2 Å². The van der Waals surface area contributed by atoms with Crippen LogP contribution in [0.1, 0.15) is 18.4 Å². The fourth-order valence-electron chi connectivity index (χ4n) is 2.91. The van der Waals surface area contributed by atoms with E-state index < -0.39 is 11.0 Å². The monoisotopic (exact) mass is 430 g/mol. The van der Waals surface area contributed by atoms with E-state index in [9.17, 15) is 4.21 Å². The SMILES string of the molecule is C1CCOC1.COc1cccc(OC)c1-n1cnnc1NS(=O)Cc1ccccc1. The molecule has 1 atom stereocenters. The molecule has 0 radical (unpaired) electrons. The third-order valence-electron chi connectivity index (χ3n) is 4.36. The molecule has 1 aliphatic heterocycles. The summed E-state index contributed by atoms with van der Waals surface area (Å²) < 4.78 is 32.7. The summed E-state index contributed by atoms with van der Waals surface area (Å²) in [4.78, 5) is 0. The summed E-state index contributed by atoms with van der Waals surface area (Å²) in [6.07, 6.45) is 4.07. The summed E-state index contributed by atoms with van der Waals surface area (Å²) in [5, 5.41) is 7.94. The number of anilines is 1. The van der Waals surface area contributed by atoms with Crippen LogP contribution in [0.4, 0.5) is 5.95 Å². The van der Waals surface area contributed by atoms with Crippen LogP contribution in [0, 0.1) is 0 Å². The number of aromatic nitrogens is 3. The van der Waals surface area contributed by atoms with Crippen molar-refractivity contribution in [3.05, 3.63) is 60.4 Å². The lowest BCUT2D eigenvalue weighted by molar-refractivity contribution is 0.198. The van der Waals surface area contributed by atoms with Gasteiger partial charge < -0.3 is 14.2 Å². The predicted octanol–water partition coefficient (Wildman–Crippen LogP) is 3.36. The number of nitrogens with zero attached hydrogens (tertiary/aromatic N) is 3. The third kappa shape index (κ3) is 5.80. The van der Waals surface area contributed by atoms with Crippen LogP contribution in [-0.4, -0.2) is 46.4 Å². The lowest BCUT2D eigenvalue weighted by Gasteiger charge is -2.15. The average Bonchev–Trinajstić information content (AvgIpc) is 3.49. The number of methoxy groups -OCH3 is 2. The first-order valence-corrected chi connectivity index (χ1v) is 10.9. The van der Waals surface area contributed by atoms with Crippen LogP contribution < -0.4 is 14.2 Å². The zero-order valence-electron chi connectivity index (χ0n) is 17.1. The van der Waals surface area contributed by atoms with E-state index in [1.165, 1.54) is 19.2 Å². The Kier molecular flexibility index (Phi) is 8.22. The molecule has 1 fully saturated rings. The zero-order chi connectivity index (χ0) is 21.2. The van der Waals surface area contributed by atoms with E-state index in [4.69, 9.17) is 14.2 Å². The third-order valence-corrected chi connectivity index (χ3v) is 5.37. The Morgan fingerprint density at radius 2 is 1.70 bits per heavy atom. The summed E-state index contributed by atoms with van der Waals surface area (Å²) >= 11 is 0. The molecule has 2 aromatic carbocycles. The molecule has 30 heavy (non-hydrogen) atoms. The molecule has 8 nitrogen and oxygen atoms in total. The zero-order valence-corrected chi connectivity index (χ0v) is 17.9. The molecular formula is C21H26N4O4S. The van der Waals surface area contributed by atoms with E-state index in [1.54, 1.807) is 18.8 Å². The van der Waals surface area contributed by atoms with Crippen molar-refractivity contribution in [2.24, 2.45) is 0 Å². The highest BCUT2D eigenvalue weighted by atomic mass is 32.2. The van der Waals surface area contributed by atoms with Gasteiger partial charge >= 0.3 is 0 Å². The second kappa shape index (κ2) is 11.3. The van der Waals surface area contributed by atoms with E-state index in [-0.39, 0.29) is 0 Å².